The van der Waals surface area contributed by atoms with Crippen molar-refractivity contribution in [3.05, 3.63) is 30.3 Å². The maximum atomic E-state index is 12.4. The van der Waals surface area contributed by atoms with E-state index in [2.05, 4.69) is 16.3 Å². The third-order valence-electron chi connectivity index (χ3n) is 5.06. The van der Waals surface area contributed by atoms with Gasteiger partial charge in [-0.05, 0) is 57.2 Å². The van der Waals surface area contributed by atoms with Crippen molar-refractivity contribution in [2.75, 3.05) is 19.7 Å². The first-order valence-electron chi connectivity index (χ1n) is 8.75. The third-order valence-corrected chi connectivity index (χ3v) is 5.06. The molecule has 0 spiro atoms. The van der Waals surface area contributed by atoms with Crippen LogP contribution in [0.15, 0.2) is 30.3 Å². The molecule has 1 saturated heterocycles. The van der Waals surface area contributed by atoms with E-state index in [0.29, 0.717) is 19.1 Å². The topological polar surface area (TPSA) is 65.4 Å². The molecule has 1 heterocycles. The molecule has 0 aromatic heterocycles. The Morgan fingerprint density at radius 2 is 2.12 bits per heavy atom. The molecule has 2 aliphatic rings. The van der Waals surface area contributed by atoms with Crippen LogP contribution < -0.4 is 10.1 Å². The van der Waals surface area contributed by atoms with Crippen molar-refractivity contribution in [3.8, 4) is 11.8 Å². The van der Waals surface area contributed by atoms with Gasteiger partial charge in [-0.2, -0.15) is 5.26 Å². The minimum atomic E-state index is -0.715. The molecule has 1 amide bonds. The Hall–Kier alpha value is -2.06. The van der Waals surface area contributed by atoms with E-state index in [1.807, 2.05) is 37.3 Å². The van der Waals surface area contributed by atoms with Gasteiger partial charge in [-0.3, -0.25) is 9.69 Å². The Morgan fingerprint density at radius 1 is 1.38 bits per heavy atom. The molecule has 128 valence electrons. The van der Waals surface area contributed by atoms with Crippen molar-refractivity contribution in [1.82, 2.24) is 10.2 Å². The molecule has 2 fully saturated rings. The Morgan fingerprint density at radius 3 is 2.79 bits per heavy atom. The number of amides is 1. The summed E-state index contributed by atoms with van der Waals surface area (Å²) in [4.78, 5) is 14.6. The largest absolute Gasteiger partial charge is 0.492 e. The zero-order chi connectivity index (χ0) is 17.0. The molecule has 5 nitrogen and oxygen atoms in total. The van der Waals surface area contributed by atoms with Gasteiger partial charge in [0.05, 0.1) is 12.6 Å². The van der Waals surface area contributed by atoms with Crippen LogP contribution in [0.3, 0.4) is 0 Å². The molecule has 1 N–H and O–H groups in total. The number of ether oxygens (including phenoxy) is 1. The average Bonchev–Trinajstić information content (AvgIpc) is 3.36. The zero-order valence-corrected chi connectivity index (χ0v) is 14.2. The molecule has 24 heavy (non-hydrogen) atoms. The number of likely N-dealkylation sites (tertiary alicyclic amines) is 1. The number of hydrogen-bond acceptors (Lipinski definition) is 4. The second-order valence-corrected chi connectivity index (χ2v) is 7.03. The predicted molar refractivity (Wildman–Crippen MR) is 91.4 cm³/mol. The fourth-order valence-electron chi connectivity index (χ4n) is 3.40. The summed E-state index contributed by atoms with van der Waals surface area (Å²) in [5.41, 5.74) is -0.715. The number of carbonyl (C=O) groups is 1. The Balaban J connectivity index is 1.50. The molecular weight excluding hydrogens is 302 g/mol. The summed E-state index contributed by atoms with van der Waals surface area (Å²) in [5, 5.41) is 12.3. The number of carbonyl (C=O) groups excluding carboxylic acids is 1. The fourth-order valence-corrected chi connectivity index (χ4v) is 3.40. The monoisotopic (exact) mass is 327 g/mol. The van der Waals surface area contributed by atoms with Crippen molar-refractivity contribution >= 4 is 5.91 Å². The summed E-state index contributed by atoms with van der Waals surface area (Å²) in [6.07, 6.45) is 4.18. The van der Waals surface area contributed by atoms with Gasteiger partial charge < -0.3 is 10.1 Å². The van der Waals surface area contributed by atoms with Crippen LogP contribution in [0.4, 0.5) is 0 Å². The molecule has 0 radical (unpaired) electrons. The molecule has 1 aliphatic carbocycles. The van der Waals surface area contributed by atoms with E-state index in [0.717, 1.165) is 38.0 Å². The predicted octanol–water partition coefficient (Wildman–Crippen LogP) is 2.34. The van der Waals surface area contributed by atoms with Crippen LogP contribution in [0.5, 0.6) is 5.75 Å². The molecule has 2 atom stereocenters. The average molecular weight is 327 g/mol. The molecule has 0 unspecified atom stereocenters. The summed E-state index contributed by atoms with van der Waals surface area (Å²) in [5.74, 6) is 1.11. The molecule has 1 aliphatic heterocycles. The lowest BCUT2D eigenvalue weighted by Crippen LogP contribution is -2.51. The van der Waals surface area contributed by atoms with Crippen LogP contribution in [0.2, 0.25) is 0 Å². The van der Waals surface area contributed by atoms with Gasteiger partial charge >= 0.3 is 0 Å². The number of nitrogens with zero attached hydrogens (tertiary/aromatic N) is 2. The second-order valence-electron chi connectivity index (χ2n) is 7.03. The zero-order valence-electron chi connectivity index (χ0n) is 14.2. The van der Waals surface area contributed by atoms with Crippen molar-refractivity contribution in [2.24, 2.45) is 5.92 Å². The first-order chi connectivity index (χ1) is 11.6. The van der Waals surface area contributed by atoms with E-state index in [4.69, 9.17) is 4.74 Å². The summed E-state index contributed by atoms with van der Waals surface area (Å²) in [6.45, 7) is 3.67. The number of para-hydroxylation sites is 1. The minimum Gasteiger partial charge on any atom is -0.492 e. The van der Waals surface area contributed by atoms with E-state index in [9.17, 15) is 10.1 Å². The molecule has 1 aromatic rings. The van der Waals surface area contributed by atoms with Crippen LogP contribution in [-0.4, -0.2) is 42.1 Å². The SMILES string of the molecule is C[C@](C#N)(NC(=O)CN1CCC[C@@H]1COc1ccccc1)C1CC1. The number of hydrogen-bond donors (Lipinski definition) is 1. The second kappa shape index (κ2) is 7.23. The first kappa shape index (κ1) is 16.8. The van der Waals surface area contributed by atoms with Gasteiger partial charge in [0.1, 0.15) is 17.9 Å². The van der Waals surface area contributed by atoms with Gasteiger partial charge in [-0.1, -0.05) is 18.2 Å². The van der Waals surface area contributed by atoms with Gasteiger partial charge in [0.15, 0.2) is 0 Å². The fraction of sp³-hybridized carbons (Fsp3) is 0.579. The Labute approximate surface area is 143 Å². The summed E-state index contributed by atoms with van der Waals surface area (Å²) >= 11 is 0. The lowest BCUT2D eigenvalue weighted by atomic mass is 9.98. The first-order valence-corrected chi connectivity index (χ1v) is 8.75. The highest BCUT2D eigenvalue weighted by Gasteiger charge is 2.43. The van der Waals surface area contributed by atoms with Gasteiger partial charge in [-0.15, -0.1) is 0 Å². The van der Waals surface area contributed by atoms with Crippen LogP contribution >= 0.6 is 0 Å². The maximum absolute atomic E-state index is 12.4. The van der Waals surface area contributed by atoms with Crippen molar-refractivity contribution < 1.29 is 9.53 Å². The quantitative estimate of drug-likeness (QED) is 0.835. The molecule has 1 aromatic carbocycles. The smallest absolute Gasteiger partial charge is 0.235 e. The molecular formula is C19H25N3O2. The highest BCUT2D eigenvalue weighted by Crippen LogP contribution is 2.39. The van der Waals surface area contributed by atoms with E-state index < -0.39 is 5.54 Å². The van der Waals surface area contributed by atoms with Crippen molar-refractivity contribution in [2.45, 2.75) is 44.2 Å². The van der Waals surface area contributed by atoms with E-state index in [1.54, 1.807) is 0 Å². The summed E-state index contributed by atoms with van der Waals surface area (Å²) < 4.78 is 5.85. The summed E-state index contributed by atoms with van der Waals surface area (Å²) in [7, 11) is 0. The van der Waals surface area contributed by atoms with E-state index in [1.165, 1.54) is 0 Å². The lowest BCUT2D eigenvalue weighted by Gasteiger charge is -2.27. The lowest BCUT2D eigenvalue weighted by molar-refractivity contribution is -0.124. The van der Waals surface area contributed by atoms with Gasteiger partial charge in [0.25, 0.3) is 0 Å². The van der Waals surface area contributed by atoms with Gasteiger partial charge in [0, 0.05) is 6.04 Å². The minimum absolute atomic E-state index is 0.0578. The van der Waals surface area contributed by atoms with Crippen LogP contribution in [0.25, 0.3) is 0 Å². The standard InChI is InChI=1S/C19H25N3O2/c1-19(14-20,15-9-10-15)21-18(23)12-22-11-5-6-16(22)13-24-17-7-3-2-4-8-17/h2-4,7-8,15-16H,5-6,9-13H2,1H3,(H,21,23)/t16-,19-/m1/s1. The summed E-state index contributed by atoms with van der Waals surface area (Å²) in [6, 6.07) is 12.3. The highest BCUT2D eigenvalue weighted by molar-refractivity contribution is 5.79. The van der Waals surface area contributed by atoms with Crippen molar-refractivity contribution in [1.29, 1.82) is 5.26 Å². The molecule has 0 bridgehead atoms. The Bertz CT molecular complexity index is 609. The van der Waals surface area contributed by atoms with Gasteiger partial charge in [-0.25, -0.2) is 0 Å². The van der Waals surface area contributed by atoms with Gasteiger partial charge in [0.2, 0.25) is 5.91 Å². The van der Waals surface area contributed by atoms with Crippen LogP contribution in [0, 0.1) is 17.2 Å². The maximum Gasteiger partial charge on any atom is 0.235 e. The number of nitrogens with one attached hydrogen (secondary N) is 1. The Kier molecular flexibility index (Phi) is 5.06. The van der Waals surface area contributed by atoms with Crippen LogP contribution in [-0.2, 0) is 4.79 Å². The van der Waals surface area contributed by atoms with Crippen molar-refractivity contribution in [3.63, 3.8) is 0 Å². The van der Waals surface area contributed by atoms with E-state index >= 15 is 0 Å². The number of benzene rings is 1. The highest BCUT2D eigenvalue weighted by atomic mass is 16.5. The molecule has 1 saturated carbocycles. The third kappa shape index (κ3) is 4.07. The van der Waals surface area contributed by atoms with Crippen LogP contribution in [0.1, 0.15) is 32.6 Å². The van der Waals surface area contributed by atoms with E-state index in [-0.39, 0.29) is 11.9 Å². The molecule has 3 rings (SSSR count). The molecule has 5 heteroatoms. The normalized spacial score (nSPS) is 23.2. The number of rotatable bonds is 7. The number of nitriles is 1.